The number of thiazole rings is 1. The second-order valence-electron chi connectivity index (χ2n) is 4.87. The van der Waals surface area contributed by atoms with E-state index in [1.54, 1.807) is 0 Å². The summed E-state index contributed by atoms with van der Waals surface area (Å²) < 4.78 is 1.81. The number of hydrogen-bond donors (Lipinski definition) is 1. The van der Waals surface area contributed by atoms with Crippen molar-refractivity contribution in [2.24, 2.45) is 0 Å². The molecule has 0 aliphatic carbocycles. The molecule has 4 aromatic rings. The lowest BCUT2D eigenvalue weighted by Crippen LogP contribution is -2.03. The number of nitrogens with zero attached hydrogens (tertiary/aromatic N) is 5. The molecular formula is C16H11ClN6S. The van der Waals surface area contributed by atoms with Gasteiger partial charge in [0.05, 0.1) is 5.69 Å². The van der Waals surface area contributed by atoms with E-state index in [4.69, 9.17) is 11.6 Å². The van der Waals surface area contributed by atoms with E-state index in [0.29, 0.717) is 22.1 Å². The first kappa shape index (κ1) is 14.8. The Morgan fingerprint density at radius 2 is 1.79 bits per heavy atom. The summed E-state index contributed by atoms with van der Waals surface area (Å²) in [7, 11) is 0. The average molecular weight is 355 g/mol. The summed E-state index contributed by atoms with van der Waals surface area (Å²) in [4.78, 5) is 17.2. The minimum Gasteiger partial charge on any atom is -0.300 e. The Morgan fingerprint density at radius 3 is 2.58 bits per heavy atom. The van der Waals surface area contributed by atoms with Gasteiger partial charge in [-0.15, -0.1) is 11.3 Å². The lowest BCUT2D eigenvalue weighted by atomic mass is 10.2. The van der Waals surface area contributed by atoms with E-state index in [2.05, 4.69) is 25.3 Å². The van der Waals surface area contributed by atoms with Crippen LogP contribution in [0.1, 0.15) is 0 Å². The third-order valence-electron chi connectivity index (χ3n) is 3.26. The van der Waals surface area contributed by atoms with E-state index in [9.17, 15) is 0 Å². The van der Waals surface area contributed by atoms with Crippen molar-refractivity contribution in [1.82, 2.24) is 24.5 Å². The highest BCUT2D eigenvalue weighted by Gasteiger charge is 2.07. The Hall–Kier alpha value is -2.77. The molecular weight excluding hydrogens is 344 g/mol. The summed E-state index contributed by atoms with van der Waals surface area (Å²) in [5.74, 6) is 0.998. The summed E-state index contributed by atoms with van der Waals surface area (Å²) in [6, 6.07) is 11.4. The van der Waals surface area contributed by atoms with Gasteiger partial charge >= 0.3 is 0 Å². The van der Waals surface area contributed by atoms with Gasteiger partial charge in [-0.25, -0.2) is 15.0 Å². The first-order valence-electron chi connectivity index (χ1n) is 7.09. The van der Waals surface area contributed by atoms with Gasteiger partial charge in [0, 0.05) is 28.4 Å². The molecule has 24 heavy (non-hydrogen) atoms. The third kappa shape index (κ3) is 3.12. The highest BCUT2D eigenvalue weighted by molar-refractivity contribution is 7.14. The largest absolute Gasteiger partial charge is 0.300 e. The maximum absolute atomic E-state index is 5.91. The summed E-state index contributed by atoms with van der Waals surface area (Å²) in [5.41, 5.74) is 1.88. The molecule has 4 rings (SSSR count). The maximum atomic E-state index is 5.91. The number of halogens is 1. The fourth-order valence-electron chi connectivity index (χ4n) is 2.12. The van der Waals surface area contributed by atoms with Crippen molar-refractivity contribution in [2.45, 2.75) is 0 Å². The van der Waals surface area contributed by atoms with Gasteiger partial charge in [0.2, 0.25) is 11.9 Å². The van der Waals surface area contributed by atoms with Crippen LogP contribution in [-0.4, -0.2) is 24.5 Å². The Kier molecular flexibility index (Phi) is 3.94. The molecule has 8 heteroatoms. The second-order valence-corrected chi connectivity index (χ2v) is 6.16. The Balaban J connectivity index is 1.56. The Labute approximate surface area is 146 Å². The van der Waals surface area contributed by atoms with Gasteiger partial charge in [-0.3, -0.25) is 9.88 Å². The number of aromatic nitrogens is 5. The van der Waals surface area contributed by atoms with Crippen LogP contribution in [0.3, 0.4) is 0 Å². The van der Waals surface area contributed by atoms with Crippen molar-refractivity contribution in [3.63, 3.8) is 0 Å². The minimum atomic E-state index is 0.450. The fraction of sp³-hybridized carbons (Fsp3) is 0. The van der Waals surface area contributed by atoms with Gasteiger partial charge in [0.25, 0.3) is 0 Å². The number of benzene rings is 1. The predicted octanol–water partition coefficient (Wildman–Crippen LogP) is 4.18. The van der Waals surface area contributed by atoms with E-state index < -0.39 is 0 Å². The van der Waals surface area contributed by atoms with E-state index in [1.165, 1.54) is 17.7 Å². The van der Waals surface area contributed by atoms with Crippen LogP contribution in [0, 0.1) is 0 Å². The van der Waals surface area contributed by atoms with E-state index >= 15 is 0 Å². The van der Waals surface area contributed by atoms with Gasteiger partial charge in [-0.1, -0.05) is 23.7 Å². The zero-order valence-corrected chi connectivity index (χ0v) is 13.9. The van der Waals surface area contributed by atoms with Gasteiger partial charge in [-0.05, 0) is 24.3 Å². The molecule has 0 aliphatic heterocycles. The SMILES string of the molecule is Clc1ccc(-c2csc(Nc3ncnc(-n4cccc4)n3)n2)cc1. The van der Waals surface area contributed by atoms with Crippen LogP contribution in [-0.2, 0) is 0 Å². The number of anilines is 2. The summed E-state index contributed by atoms with van der Waals surface area (Å²) in [5, 5.41) is 6.50. The molecule has 0 amide bonds. The molecule has 1 aromatic carbocycles. The van der Waals surface area contributed by atoms with Crippen LogP contribution in [0.4, 0.5) is 11.1 Å². The van der Waals surface area contributed by atoms with Crippen LogP contribution in [0.15, 0.2) is 60.5 Å². The average Bonchev–Trinajstić information content (AvgIpc) is 3.28. The molecule has 0 spiro atoms. The maximum Gasteiger partial charge on any atom is 0.238 e. The molecule has 0 saturated heterocycles. The summed E-state index contributed by atoms with van der Waals surface area (Å²) >= 11 is 7.40. The van der Waals surface area contributed by atoms with Gasteiger partial charge in [0.1, 0.15) is 6.33 Å². The monoisotopic (exact) mass is 354 g/mol. The van der Waals surface area contributed by atoms with Crippen LogP contribution in [0.5, 0.6) is 0 Å². The molecule has 0 atom stereocenters. The van der Waals surface area contributed by atoms with Gasteiger partial charge < -0.3 is 0 Å². The molecule has 6 nitrogen and oxygen atoms in total. The van der Waals surface area contributed by atoms with Crippen LogP contribution >= 0.6 is 22.9 Å². The zero-order valence-electron chi connectivity index (χ0n) is 12.3. The lowest BCUT2D eigenvalue weighted by Gasteiger charge is -2.03. The number of hydrogen-bond acceptors (Lipinski definition) is 6. The topological polar surface area (TPSA) is 68.5 Å². The van der Waals surface area contributed by atoms with Crippen molar-refractivity contribution < 1.29 is 0 Å². The Bertz CT molecular complexity index is 949. The first-order valence-corrected chi connectivity index (χ1v) is 8.34. The smallest absolute Gasteiger partial charge is 0.238 e. The zero-order chi connectivity index (χ0) is 16.4. The molecule has 0 bridgehead atoms. The molecule has 3 aromatic heterocycles. The molecule has 0 fully saturated rings. The van der Waals surface area contributed by atoms with Crippen molar-refractivity contribution in [1.29, 1.82) is 0 Å². The van der Waals surface area contributed by atoms with Crippen LogP contribution < -0.4 is 5.32 Å². The van der Waals surface area contributed by atoms with E-state index in [0.717, 1.165) is 11.3 Å². The highest BCUT2D eigenvalue weighted by atomic mass is 35.5. The molecule has 0 saturated carbocycles. The quantitative estimate of drug-likeness (QED) is 0.595. The van der Waals surface area contributed by atoms with E-state index in [-0.39, 0.29) is 0 Å². The lowest BCUT2D eigenvalue weighted by molar-refractivity contribution is 0.906. The normalized spacial score (nSPS) is 10.7. The molecule has 1 N–H and O–H groups in total. The predicted molar refractivity (Wildman–Crippen MR) is 95.0 cm³/mol. The van der Waals surface area contributed by atoms with Crippen LogP contribution in [0.25, 0.3) is 17.2 Å². The van der Waals surface area contributed by atoms with Crippen molar-refractivity contribution in [3.8, 4) is 17.2 Å². The minimum absolute atomic E-state index is 0.450. The molecule has 0 unspecified atom stereocenters. The molecule has 3 heterocycles. The number of nitrogens with one attached hydrogen (secondary N) is 1. The van der Waals surface area contributed by atoms with Gasteiger partial charge in [0.15, 0.2) is 5.13 Å². The van der Waals surface area contributed by atoms with Crippen molar-refractivity contribution >= 4 is 34.0 Å². The molecule has 118 valence electrons. The van der Waals surface area contributed by atoms with Gasteiger partial charge in [-0.2, -0.15) is 4.98 Å². The summed E-state index contributed by atoms with van der Waals surface area (Å²) in [6.45, 7) is 0. The Morgan fingerprint density at radius 1 is 1.00 bits per heavy atom. The van der Waals surface area contributed by atoms with Crippen molar-refractivity contribution in [3.05, 3.63) is 65.5 Å². The second kappa shape index (κ2) is 6.38. The first-order chi connectivity index (χ1) is 11.8. The third-order valence-corrected chi connectivity index (χ3v) is 4.27. The van der Waals surface area contributed by atoms with Crippen LogP contribution in [0.2, 0.25) is 5.02 Å². The standard InChI is InChI=1S/C16H11ClN6S/c17-12-5-3-11(4-6-12)13-9-24-16(20-13)22-14-18-10-19-15(21-14)23-7-1-2-8-23/h1-10H,(H,18,19,20,21,22). The summed E-state index contributed by atoms with van der Waals surface area (Å²) in [6.07, 6.45) is 5.22. The number of rotatable bonds is 4. The highest BCUT2D eigenvalue weighted by Crippen LogP contribution is 2.27. The fourth-order valence-corrected chi connectivity index (χ4v) is 2.96. The molecule has 0 radical (unpaired) electrons. The molecule has 0 aliphatic rings. The van der Waals surface area contributed by atoms with Crippen molar-refractivity contribution in [2.75, 3.05) is 5.32 Å². The van der Waals surface area contributed by atoms with E-state index in [1.807, 2.05) is 58.7 Å².